The Kier molecular flexibility index (Phi) is 3.75. The van der Waals surface area contributed by atoms with Crippen molar-refractivity contribution in [2.24, 2.45) is 16.6 Å². The lowest BCUT2D eigenvalue weighted by molar-refractivity contribution is -0.140. The molecule has 0 spiro atoms. The monoisotopic (exact) mass is 162 g/mol. The zero-order valence-electron chi connectivity index (χ0n) is 5.69. The summed E-state index contributed by atoms with van der Waals surface area (Å²) in [6.45, 7) is -0.577. The van der Waals surface area contributed by atoms with Gasteiger partial charge in [-0.05, 0) is 0 Å². The van der Waals surface area contributed by atoms with Gasteiger partial charge >= 0.3 is 5.97 Å². The van der Waals surface area contributed by atoms with Gasteiger partial charge in [-0.15, -0.1) is 5.10 Å². The van der Waals surface area contributed by atoms with Crippen LogP contribution in [-0.2, 0) is 4.79 Å². The number of carboxylic acids is 1. The van der Waals surface area contributed by atoms with Crippen molar-refractivity contribution in [2.45, 2.75) is 6.04 Å². The number of rotatable bonds is 4. The van der Waals surface area contributed by atoms with Crippen LogP contribution >= 0.6 is 0 Å². The summed E-state index contributed by atoms with van der Waals surface area (Å²) in [5, 5.41) is 19.9. The second-order valence-corrected chi connectivity index (χ2v) is 1.74. The number of hydrogen-bond acceptors (Lipinski definition) is 4. The Balaban J connectivity index is 3.89. The number of hydrazone groups is 1. The summed E-state index contributed by atoms with van der Waals surface area (Å²) < 4.78 is 0. The number of aliphatic hydroxyl groups is 1. The van der Waals surface area contributed by atoms with Crippen LogP contribution in [0.15, 0.2) is 5.10 Å². The van der Waals surface area contributed by atoms with Crippen LogP contribution in [0.2, 0.25) is 0 Å². The molecule has 0 aromatic rings. The maximum atomic E-state index is 10.2. The Bertz CT molecular complexity index is 165. The second-order valence-electron chi connectivity index (χ2n) is 1.74. The Morgan fingerprint density at radius 1 is 1.64 bits per heavy atom. The van der Waals surface area contributed by atoms with Gasteiger partial charge < -0.3 is 21.7 Å². The standard InChI is InChI=1S/C4H10N4O3/c5-4(6)8-7-2(1-9)3(10)11/h2,7,9H,1H2,(H,10,11)(H4,5,6,8)/t2-/m0/s1. The molecule has 0 saturated heterocycles. The molecule has 7 heteroatoms. The number of aliphatic hydroxyl groups excluding tert-OH is 1. The van der Waals surface area contributed by atoms with Crippen LogP contribution in [0.25, 0.3) is 0 Å². The highest BCUT2D eigenvalue weighted by Gasteiger charge is 2.13. The first kappa shape index (κ1) is 9.50. The Hall–Kier alpha value is -1.50. The molecule has 0 aromatic carbocycles. The van der Waals surface area contributed by atoms with Crippen LogP contribution in [0.3, 0.4) is 0 Å². The molecule has 0 saturated carbocycles. The fourth-order valence-electron chi connectivity index (χ4n) is 0.327. The van der Waals surface area contributed by atoms with E-state index in [0.29, 0.717) is 0 Å². The molecular formula is C4H10N4O3. The van der Waals surface area contributed by atoms with E-state index in [2.05, 4.69) is 10.5 Å². The summed E-state index contributed by atoms with van der Waals surface area (Å²) in [7, 11) is 0. The molecule has 7 nitrogen and oxygen atoms in total. The highest BCUT2D eigenvalue weighted by molar-refractivity contribution is 5.76. The minimum Gasteiger partial charge on any atom is -0.480 e. The van der Waals surface area contributed by atoms with Gasteiger partial charge in [0.1, 0.15) is 0 Å². The van der Waals surface area contributed by atoms with Crippen LogP contribution in [0, 0.1) is 0 Å². The summed E-state index contributed by atoms with van der Waals surface area (Å²) in [5.74, 6) is -1.51. The van der Waals surface area contributed by atoms with Gasteiger partial charge in [0, 0.05) is 0 Å². The van der Waals surface area contributed by atoms with Gasteiger partial charge in [-0.25, -0.2) is 4.79 Å². The fraction of sp³-hybridized carbons (Fsp3) is 0.500. The Morgan fingerprint density at radius 2 is 2.18 bits per heavy atom. The average molecular weight is 162 g/mol. The van der Waals surface area contributed by atoms with Crippen molar-refractivity contribution in [3.63, 3.8) is 0 Å². The van der Waals surface area contributed by atoms with Gasteiger partial charge in [-0.2, -0.15) is 0 Å². The van der Waals surface area contributed by atoms with Crippen molar-refractivity contribution in [1.82, 2.24) is 5.43 Å². The molecule has 0 aliphatic carbocycles. The van der Waals surface area contributed by atoms with Gasteiger partial charge in [-0.1, -0.05) is 0 Å². The van der Waals surface area contributed by atoms with Crippen LogP contribution in [0.5, 0.6) is 0 Å². The van der Waals surface area contributed by atoms with E-state index in [-0.39, 0.29) is 5.96 Å². The quantitative estimate of drug-likeness (QED) is 0.172. The lowest BCUT2D eigenvalue weighted by Crippen LogP contribution is -2.39. The molecule has 0 radical (unpaired) electrons. The van der Waals surface area contributed by atoms with Crippen molar-refractivity contribution in [2.75, 3.05) is 6.61 Å². The summed E-state index contributed by atoms with van der Waals surface area (Å²) in [4.78, 5) is 10.2. The third-order valence-corrected chi connectivity index (χ3v) is 0.830. The average Bonchev–Trinajstić information content (AvgIpc) is 1.87. The number of nitrogens with zero attached hydrogens (tertiary/aromatic N) is 1. The fourth-order valence-corrected chi connectivity index (χ4v) is 0.327. The maximum Gasteiger partial charge on any atom is 0.330 e. The number of aliphatic carboxylic acids is 1. The summed E-state index contributed by atoms with van der Waals surface area (Å²) in [6.07, 6.45) is 0. The molecule has 0 fully saturated rings. The topological polar surface area (TPSA) is 134 Å². The van der Waals surface area contributed by atoms with E-state index in [1.807, 2.05) is 0 Å². The largest absolute Gasteiger partial charge is 0.480 e. The van der Waals surface area contributed by atoms with Gasteiger partial charge in [-0.3, -0.25) is 5.43 Å². The number of nitrogens with one attached hydrogen (secondary N) is 1. The van der Waals surface area contributed by atoms with Gasteiger partial charge in [0.15, 0.2) is 6.04 Å². The van der Waals surface area contributed by atoms with Crippen LogP contribution in [0.4, 0.5) is 0 Å². The molecule has 0 aromatic heterocycles. The molecule has 0 unspecified atom stereocenters. The molecular weight excluding hydrogens is 152 g/mol. The van der Waals surface area contributed by atoms with Gasteiger partial charge in [0.25, 0.3) is 0 Å². The van der Waals surface area contributed by atoms with Crippen LogP contribution < -0.4 is 16.9 Å². The zero-order chi connectivity index (χ0) is 8.85. The molecule has 0 aliphatic rings. The third kappa shape index (κ3) is 3.98. The summed E-state index contributed by atoms with van der Waals surface area (Å²) in [6, 6.07) is -1.17. The first-order chi connectivity index (χ1) is 5.07. The summed E-state index contributed by atoms with van der Waals surface area (Å²) >= 11 is 0. The van der Waals surface area contributed by atoms with Crippen molar-refractivity contribution in [3.8, 4) is 0 Å². The van der Waals surface area contributed by atoms with E-state index in [1.165, 1.54) is 0 Å². The molecule has 11 heavy (non-hydrogen) atoms. The highest BCUT2D eigenvalue weighted by atomic mass is 16.4. The molecule has 64 valence electrons. The SMILES string of the molecule is NC(N)=NN[C@@H](CO)C(=O)O. The van der Waals surface area contributed by atoms with E-state index < -0.39 is 18.6 Å². The lowest BCUT2D eigenvalue weighted by atomic mass is 10.3. The first-order valence-electron chi connectivity index (χ1n) is 2.75. The highest BCUT2D eigenvalue weighted by Crippen LogP contribution is 1.80. The number of nitrogens with two attached hydrogens (primary N) is 2. The van der Waals surface area contributed by atoms with E-state index in [4.69, 9.17) is 21.7 Å². The molecule has 0 heterocycles. The van der Waals surface area contributed by atoms with E-state index in [1.54, 1.807) is 0 Å². The molecule has 0 aliphatic heterocycles. The van der Waals surface area contributed by atoms with E-state index in [9.17, 15) is 4.79 Å². The van der Waals surface area contributed by atoms with Crippen LogP contribution in [-0.4, -0.2) is 34.8 Å². The minimum atomic E-state index is -1.22. The smallest absolute Gasteiger partial charge is 0.330 e. The third-order valence-electron chi connectivity index (χ3n) is 0.830. The zero-order valence-corrected chi connectivity index (χ0v) is 5.69. The second kappa shape index (κ2) is 4.34. The molecule has 1 atom stereocenters. The molecule has 7 N–H and O–H groups in total. The normalized spacial score (nSPS) is 11.7. The minimum absolute atomic E-state index is 0.287. The number of carbonyl (C=O) groups is 1. The van der Waals surface area contributed by atoms with Crippen molar-refractivity contribution >= 4 is 11.9 Å². The number of carboxylic acid groups (broad SMARTS) is 1. The number of guanidine groups is 1. The van der Waals surface area contributed by atoms with Crippen molar-refractivity contribution in [3.05, 3.63) is 0 Å². The molecule has 0 rings (SSSR count). The number of hydrogen-bond donors (Lipinski definition) is 5. The van der Waals surface area contributed by atoms with Gasteiger partial charge in [0.2, 0.25) is 5.96 Å². The van der Waals surface area contributed by atoms with Crippen molar-refractivity contribution in [1.29, 1.82) is 0 Å². The lowest BCUT2D eigenvalue weighted by Gasteiger charge is -2.07. The predicted octanol–water partition coefficient (Wildman–Crippen LogP) is -2.79. The molecule has 0 amide bonds. The predicted molar refractivity (Wildman–Crippen MR) is 37.5 cm³/mol. The first-order valence-corrected chi connectivity index (χ1v) is 2.75. The Morgan fingerprint density at radius 3 is 2.45 bits per heavy atom. The maximum absolute atomic E-state index is 10.2. The van der Waals surface area contributed by atoms with E-state index in [0.717, 1.165) is 0 Å². The van der Waals surface area contributed by atoms with Crippen molar-refractivity contribution < 1.29 is 15.0 Å². The summed E-state index contributed by atoms with van der Waals surface area (Å²) in [5.41, 5.74) is 11.8. The van der Waals surface area contributed by atoms with Crippen LogP contribution in [0.1, 0.15) is 0 Å². The Labute approximate surface area is 62.7 Å². The van der Waals surface area contributed by atoms with Gasteiger partial charge in [0.05, 0.1) is 6.61 Å². The van der Waals surface area contributed by atoms with E-state index >= 15 is 0 Å². The molecule has 0 bridgehead atoms.